The first-order chi connectivity index (χ1) is 10.2. The van der Waals surface area contributed by atoms with Crippen LogP contribution in [0.4, 0.5) is 5.95 Å². The van der Waals surface area contributed by atoms with Gasteiger partial charge in [0, 0.05) is 21.4 Å². The van der Waals surface area contributed by atoms with E-state index in [9.17, 15) is 0 Å². The molecule has 0 aliphatic carbocycles. The first kappa shape index (κ1) is 12.6. The third kappa shape index (κ3) is 1.96. The Kier molecular flexibility index (Phi) is 2.81. The van der Waals surface area contributed by atoms with Crippen molar-refractivity contribution in [2.45, 2.75) is 0 Å². The number of benzene rings is 2. The van der Waals surface area contributed by atoms with Crippen LogP contribution < -0.4 is 5.73 Å². The Morgan fingerprint density at radius 3 is 2.90 bits per heavy atom. The number of fused-ring (bicyclic) bond motifs is 2. The van der Waals surface area contributed by atoms with Crippen molar-refractivity contribution in [3.05, 3.63) is 58.4 Å². The van der Waals surface area contributed by atoms with Gasteiger partial charge >= 0.3 is 0 Å². The van der Waals surface area contributed by atoms with Gasteiger partial charge in [-0.1, -0.05) is 12.1 Å². The minimum absolute atomic E-state index is 0.489. The molecule has 0 aliphatic rings. The minimum Gasteiger partial charge on any atom is -0.369 e. The number of rotatable bonds is 1. The van der Waals surface area contributed by atoms with E-state index in [2.05, 4.69) is 50.8 Å². The molecule has 0 saturated heterocycles. The molecule has 2 aromatic carbocycles. The molecule has 4 aromatic rings. The molecule has 0 amide bonds. The third-order valence-corrected chi connectivity index (χ3v) is 4.21. The molecule has 4 nitrogen and oxygen atoms in total. The zero-order valence-corrected chi connectivity index (χ0v) is 13.2. The predicted octanol–water partition coefficient (Wildman–Crippen LogP) is 3.76. The fraction of sp³-hybridized carbons (Fsp3) is 0. The van der Waals surface area contributed by atoms with Crippen LogP contribution >= 0.6 is 22.6 Å². The number of nitrogens with zero attached hydrogens (tertiary/aromatic N) is 3. The van der Waals surface area contributed by atoms with E-state index in [1.165, 1.54) is 0 Å². The third-order valence-electron chi connectivity index (χ3n) is 3.54. The second kappa shape index (κ2) is 4.70. The maximum atomic E-state index is 6.16. The van der Waals surface area contributed by atoms with Crippen LogP contribution in [0.5, 0.6) is 0 Å². The van der Waals surface area contributed by atoms with Gasteiger partial charge in [-0.2, -0.15) is 0 Å². The summed E-state index contributed by atoms with van der Waals surface area (Å²) in [5, 5.41) is 2.19. The Morgan fingerprint density at radius 1 is 1.10 bits per heavy atom. The van der Waals surface area contributed by atoms with E-state index in [0.29, 0.717) is 5.95 Å². The summed E-state index contributed by atoms with van der Waals surface area (Å²) < 4.78 is 3.12. The molecule has 0 atom stereocenters. The lowest BCUT2D eigenvalue weighted by Crippen LogP contribution is -2.01. The Morgan fingerprint density at radius 2 is 2.00 bits per heavy atom. The number of hydrogen-bond acceptors (Lipinski definition) is 3. The van der Waals surface area contributed by atoms with Gasteiger partial charge in [0.2, 0.25) is 5.95 Å². The lowest BCUT2D eigenvalue weighted by molar-refractivity contribution is 1.12. The predicted molar refractivity (Wildman–Crippen MR) is 93.5 cm³/mol. The number of nitrogens with two attached hydrogens (primary N) is 1. The second-order valence-electron chi connectivity index (χ2n) is 4.81. The molecule has 0 saturated carbocycles. The SMILES string of the molecule is Nc1nc2cc(I)ccc2n1-c1cccc2ccncc12. The largest absolute Gasteiger partial charge is 0.369 e. The van der Waals surface area contributed by atoms with Crippen LogP contribution in [0.3, 0.4) is 0 Å². The van der Waals surface area contributed by atoms with Crippen LogP contribution in [0, 0.1) is 3.57 Å². The lowest BCUT2D eigenvalue weighted by Gasteiger charge is -2.10. The highest BCUT2D eigenvalue weighted by Gasteiger charge is 2.12. The van der Waals surface area contributed by atoms with Gasteiger partial charge in [-0.05, 0) is 58.3 Å². The Hall–Kier alpha value is -2.15. The van der Waals surface area contributed by atoms with E-state index in [4.69, 9.17) is 5.73 Å². The highest BCUT2D eigenvalue weighted by Crippen LogP contribution is 2.28. The summed E-state index contributed by atoms with van der Waals surface area (Å²) >= 11 is 2.28. The average molecular weight is 386 g/mol. The summed E-state index contributed by atoms with van der Waals surface area (Å²) in [6.45, 7) is 0. The average Bonchev–Trinajstić information content (AvgIpc) is 2.81. The van der Waals surface area contributed by atoms with Crippen molar-refractivity contribution in [3.63, 3.8) is 0 Å². The monoisotopic (exact) mass is 386 g/mol. The zero-order chi connectivity index (χ0) is 14.4. The molecule has 4 rings (SSSR count). The maximum absolute atomic E-state index is 6.16. The molecule has 21 heavy (non-hydrogen) atoms. The van der Waals surface area contributed by atoms with Crippen molar-refractivity contribution in [3.8, 4) is 5.69 Å². The Bertz CT molecular complexity index is 969. The molecule has 0 aliphatic heterocycles. The van der Waals surface area contributed by atoms with Gasteiger partial charge in [-0.3, -0.25) is 9.55 Å². The summed E-state index contributed by atoms with van der Waals surface area (Å²) in [5.41, 5.74) is 9.06. The normalized spacial score (nSPS) is 11.3. The van der Waals surface area contributed by atoms with E-state index in [1.54, 1.807) is 6.20 Å². The second-order valence-corrected chi connectivity index (χ2v) is 6.06. The summed E-state index contributed by atoms with van der Waals surface area (Å²) in [5.74, 6) is 0.489. The van der Waals surface area contributed by atoms with E-state index in [0.717, 1.165) is 31.1 Å². The van der Waals surface area contributed by atoms with Gasteiger partial charge in [-0.25, -0.2) is 4.98 Å². The van der Waals surface area contributed by atoms with Crippen LogP contribution in [-0.4, -0.2) is 14.5 Å². The van der Waals surface area contributed by atoms with E-state index in [1.807, 2.05) is 35.0 Å². The van der Waals surface area contributed by atoms with Gasteiger partial charge in [0.15, 0.2) is 0 Å². The molecule has 2 aromatic heterocycles. The lowest BCUT2D eigenvalue weighted by atomic mass is 10.1. The fourth-order valence-corrected chi connectivity index (χ4v) is 3.09. The molecule has 0 bridgehead atoms. The summed E-state index contributed by atoms with van der Waals surface area (Å²) in [6.07, 6.45) is 3.66. The van der Waals surface area contributed by atoms with E-state index >= 15 is 0 Å². The number of aromatic nitrogens is 3. The minimum atomic E-state index is 0.489. The number of imidazole rings is 1. The summed E-state index contributed by atoms with van der Waals surface area (Å²) in [7, 11) is 0. The molecule has 0 spiro atoms. The van der Waals surface area contributed by atoms with Crippen LogP contribution in [0.25, 0.3) is 27.5 Å². The van der Waals surface area contributed by atoms with Crippen molar-refractivity contribution in [1.82, 2.24) is 14.5 Å². The first-order valence-corrected chi connectivity index (χ1v) is 7.58. The maximum Gasteiger partial charge on any atom is 0.205 e. The fourth-order valence-electron chi connectivity index (χ4n) is 2.62. The molecule has 102 valence electrons. The molecule has 0 fully saturated rings. The van der Waals surface area contributed by atoms with Crippen molar-refractivity contribution in [1.29, 1.82) is 0 Å². The zero-order valence-electron chi connectivity index (χ0n) is 11.0. The first-order valence-electron chi connectivity index (χ1n) is 6.50. The summed E-state index contributed by atoms with van der Waals surface area (Å²) in [4.78, 5) is 8.70. The van der Waals surface area contributed by atoms with Crippen molar-refractivity contribution >= 4 is 50.3 Å². The van der Waals surface area contributed by atoms with Gasteiger partial charge < -0.3 is 5.73 Å². The number of hydrogen-bond donors (Lipinski definition) is 1. The van der Waals surface area contributed by atoms with Crippen LogP contribution in [0.15, 0.2) is 54.9 Å². The highest BCUT2D eigenvalue weighted by atomic mass is 127. The topological polar surface area (TPSA) is 56.7 Å². The van der Waals surface area contributed by atoms with Crippen LogP contribution in [-0.2, 0) is 0 Å². The molecular formula is C16H11IN4. The van der Waals surface area contributed by atoms with Gasteiger partial charge in [0.1, 0.15) is 0 Å². The van der Waals surface area contributed by atoms with Crippen molar-refractivity contribution in [2.24, 2.45) is 0 Å². The standard InChI is InChI=1S/C16H11IN4/c17-11-4-5-15-13(8-11)20-16(18)21(15)14-3-1-2-10-6-7-19-9-12(10)14/h1-9H,(H2,18,20). The summed E-state index contributed by atoms with van der Waals surface area (Å²) in [6, 6.07) is 14.3. The molecule has 5 heteroatoms. The Balaban J connectivity index is 2.11. The van der Waals surface area contributed by atoms with Crippen molar-refractivity contribution < 1.29 is 0 Å². The van der Waals surface area contributed by atoms with Gasteiger partial charge in [-0.15, -0.1) is 0 Å². The van der Waals surface area contributed by atoms with Crippen molar-refractivity contribution in [2.75, 3.05) is 5.73 Å². The van der Waals surface area contributed by atoms with Gasteiger partial charge in [0.25, 0.3) is 0 Å². The number of nitrogen functional groups attached to an aromatic ring is 1. The molecule has 2 heterocycles. The molecular weight excluding hydrogens is 375 g/mol. The van der Waals surface area contributed by atoms with E-state index < -0.39 is 0 Å². The highest BCUT2D eigenvalue weighted by molar-refractivity contribution is 14.1. The van der Waals surface area contributed by atoms with Crippen LogP contribution in [0.1, 0.15) is 0 Å². The molecule has 2 N–H and O–H groups in total. The number of anilines is 1. The molecule has 0 unspecified atom stereocenters. The smallest absolute Gasteiger partial charge is 0.205 e. The van der Waals surface area contributed by atoms with Crippen LogP contribution in [0.2, 0.25) is 0 Å². The van der Waals surface area contributed by atoms with E-state index in [-0.39, 0.29) is 0 Å². The quantitative estimate of drug-likeness (QED) is 0.507. The van der Waals surface area contributed by atoms with Gasteiger partial charge in [0.05, 0.1) is 16.7 Å². The Labute approximate surface area is 134 Å². The number of halogens is 1. The number of pyridine rings is 1. The molecule has 0 radical (unpaired) electrons.